The van der Waals surface area contributed by atoms with E-state index in [1.807, 2.05) is 59.2 Å². The van der Waals surface area contributed by atoms with Crippen molar-refractivity contribution in [2.75, 3.05) is 12.4 Å². The molecule has 31 heavy (non-hydrogen) atoms. The molecular formula is C24H28N4O2S. The number of nitrogens with zero attached hydrogens (tertiary/aromatic N) is 3. The fourth-order valence-corrected chi connectivity index (χ4v) is 3.86. The van der Waals surface area contributed by atoms with Gasteiger partial charge in [-0.3, -0.25) is 4.79 Å². The van der Waals surface area contributed by atoms with Gasteiger partial charge < -0.3 is 14.6 Å². The summed E-state index contributed by atoms with van der Waals surface area (Å²) in [5, 5.41) is 12.7. The van der Waals surface area contributed by atoms with Gasteiger partial charge >= 0.3 is 0 Å². The lowest BCUT2D eigenvalue weighted by Gasteiger charge is -2.22. The molecule has 0 spiro atoms. The first-order valence-corrected chi connectivity index (χ1v) is 11.3. The van der Waals surface area contributed by atoms with Gasteiger partial charge in [-0.25, -0.2) is 0 Å². The molecule has 0 unspecified atom stereocenters. The predicted octanol–water partition coefficient (Wildman–Crippen LogP) is 4.76. The molecule has 1 N–H and O–H groups in total. The minimum Gasteiger partial charge on any atom is -0.493 e. The second-order valence-electron chi connectivity index (χ2n) is 7.31. The molecule has 1 amide bonds. The van der Waals surface area contributed by atoms with Crippen molar-refractivity contribution in [2.24, 2.45) is 5.92 Å². The van der Waals surface area contributed by atoms with Crippen LogP contribution in [0.5, 0.6) is 5.75 Å². The van der Waals surface area contributed by atoms with Gasteiger partial charge in [0.25, 0.3) is 5.91 Å². The number of hydrogen-bond donors (Lipinski definition) is 1. The van der Waals surface area contributed by atoms with E-state index in [0.717, 1.165) is 22.5 Å². The number of thioether (sulfide) groups is 1. The van der Waals surface area contributed by atoms with Crippen LogP contribution in [-0.2, 0) is 6.54 Å². The zero-order chi connectivity index (χ0) is 22.1. The molecular weight excluding hydrogens is 408 g/mol. The molecule has 2 aromatic carbocycles. The Morgan fingerprint density at radius 3 is 2.45 bits per heavy atom. The third-order valence-electron chi connectivity index (χ3n) is 4.65. The Labute approximate surface area is 187 Å². The van der Waals surface area contributed by atoms with Gasteiger partial charge in [-0.15, -0.1) is 16.8 Å². The molecule has 0 saturated carbocycles. The minimum atomic E-state index is -0.268. The van der Waals surface area contributed by atoms with E-state index in [4.69, 9.17) is 4.74 Å². The van der Waals surface area contributed by atoms with Crippen LogP contribution in [0.1, 0.15) is 36.1 Å². The highest BCUT2D eigenvalue weighted by Gasteiger charge is 2.26. The van der Waals surface area contributed by atoms with E-state index in [0.29, 0.717) is 18.7 Å². The number of para-hydroxylation sites is 1. The van der Waals surface area contributed by atoms with Crippen molar-refractivity contribution in [1.82, 2.24) is 20.1 Å². The molecule has 0 bridgehead atoms. The number of benzene rings is 2. The van der Waals surface area contributed by atoms with E-state index in [1.54, 1.807) is 23.9 Å². The van der Waals surface area contributed by atoms with Gasteiger partial charge in [0.2, 0.25) is 0 Å². The van der Waals surface area contributed by atoms with Crippen molar-refractivity contribution in [2.45, 2.75) is 31.6 Å². The number of allylic oxidation sites excluding steroid dienone is 1. The van der Waals surface area contributed by atoms with Gasteiger partial charge in [0.1, 0.15) is 5.75 Å². The highest BCUT2D eigenvalue weighted by atomic mass is 32.2. The van der Waals surface area contributed by atoms with Crippen LogP contribution in [0, 0.1) is 5.92 Å². The van der Waals surface area contributed by atoms with Crippen molar-refractivity contribution >= 4 is 17.7 Å². The molecule has 1 aromatic heterocycles. The Hall–Kier alpha value is -3.06. The molecule has 6 nitrogen and oxygen atoms in total. The molecule has 0 aliphatic heterocycles. The third-order valence-corrected chi connectivity index (χ3v) is 5.58. The van der Waals surface area contributed by atoms with Crippen molar-refractivity contribution in [3.05, 3.63) is 84.7 Å². The number of nitrogens with one attached hydrogen (secondary N) is 1. The molecule has 3 aromatic rings. The second kappa shape index (κ2) is 11.4. The number of carbonyl (C=O) groups excluding carboxylic acids is 1. The molecule has 3 rings (SSSR count). The van der Waals surface area contributed by atoms with Crippen LogP contribution < -0.4 is 10.1 Å². The van der Waals surface area contributed by atoms with Gasteiger partial charge in [-0.05, 0) is 30.2 Å². The van der Waals surface area contributed by atoms with Crippen LogP contribution in [-0.4, -0.2) is 33.0 Å². The molecule has 0 saturated heterocycles. The van der Waals surface area contributed by atoms with Crippen molar-refractivity contribution < 1.29 is 9.53 Å². The van der Waals surface area contributed by atoms with Gasteiger partial charge in [-0.2, -0.15) is 0 Å². The maximum absolute atomic E-state index is 12.7. The zero-order valence-electron chi connectivity index (χ0n) is 17.9. The van der Waals surface area contributed by atoms with Crippen LogP contribution in [0.3, 0.4) is 0 Å². The lowest BCUT2D eigenvalue weighted by atomic mass is 10.0. The van der Waals surface area contributed by atoms with E-state index >= 15 is 0 Å². The Kier molecular flexibility index (Phi) is 8.29. The van der Waals surface area contributed by atoms with Crippen molar-refractivity contribution in [3.63, 3.8) is 0 Å². The summed E-state index contributed by atoms with van der Waals surface area (Å²) in [5.74, 6) is 2.32. The third kappa shape index (κ3) is 6.21. The summed E-state index contributed by atoms with van der Waals surface area (Å²) in [7, 11) is 0. The number of hydrogen-bond acceptors (Lipinski definition) is 5. The van der Waals surface area contributed by atoms with Gasteiger partial charge in [0.15, 0.2) is 11.0 Å². The van der Waals surface area contributed by atoms with E-state index in [2.05, 4.69) is 35.9 Å². The zero-order valence-corrected chi connectivity index (χ0v) is 18.7. The number of rotatable bonds is 11. The Balaban J connectivity index is 1.70. The summed E-state index contributed by atoms with van der Waals surface area (Å²) in [6.45, 7) is 9.11. The molecule has 162 valence electrons. The summed E-state index contributed by atoms with van der Waals surface area (Å²) >= 11 is 1.58. The first-order chi connectivity index (χ1) is 15.1. The average molecular weight is 437 g/mol. The first kappa shape index (κ1) is 22.6. The fraction of sp³-hybridized carbons (Fsp3) is 0.292. The number of aromatic nitrogens is 3. The van der Waals surface area contributed by atoms with Crippen LogP contribution in [0.25, 0.3) is 0 Å². The van der Waals surface area contributed by atoms with Crippen molar-refractivity contribution in [1.29, 1.82) is 0 Å². The minimum absolute atomic E-state index is 0.127. The SMILES string of the molecule is C=CCn1c(SCCOc2ccccc2)nnc1[C@@H](NC(=O)c1ccccc1)C(C)C. The van der Waals surface area contributed by atoms with Gasteiger partial charge in [0, 0.05) is 17.9 Å². The predicted molar refractivity (Wildman–Crippen MR) is 124 cm³/mol. The summed E-state index contributed by atoms with van der Waals surface area (Å²) < 4.78 is 7.78. The maximum atomic E-state index is 12.7. The largest absolute Gasteiger partial charge is 0.493 e. The monoisotopic (exact) mass is 436 g/mol. The first-order valence-electron chi connectivity index (χ1n) is 10.3. The van der Waals surface area contributed by atoms with E-state index in [-0.39, 0.29) is 17.9 Å². The van der Waals surface area contributed by atoms with Gasteiger partial charge in [0.05, 0.1) is 12.6 Å². The lowest BCUT2D eigenvalue weighted by molar-refractivity contribution is 0.0922. The second-order valence-corrected chi connectivity index (χ2v) is 8.37. The molecule has 0 radical (unpaired) electrons. The molecule has 1 heterocycles. The molecule has 0 aliphatic carbocycles. The number of carbonyl (C=O) groups is 1. The molecule has 0 fully saturated rings. The standard InChI is InChI=1S/C24H28N4O2S/c1-4-15-28-22(21(18(2)3)25-23(29)19-11-7-5-8-12-19)26-27-24(28)31-17-16-30-20-13-9-6-10-14-20/h4-14,18,21H,1,15-17H2,2-3H3,(H,25,29)/t21-/m0/s1. The fourth-order valence-electron chi connectivity index (χ4n) is 3.09. The topological polar surface area (TPSA) is 69.0 Å². The molecule has 0 aliphatic rings. The lowest BCUT2D eigenvalue weighted by Crippen LogP contribution is -2.33. The van der Waals surface area contributed by atoms with Crippen LogP contribution >= 0.6 is 11.8 Å². The van der Waals surface area contributed by atoms with E-state index < -0.39 is 0 Å². The number of amides is 1. The Morgan fingerprint density at radius 1 is 1.13 bits per heavy atom. The summed E-state index contributed by atoms with van der Waals surface area (Å²) in [4.78, 5) is 12.7. The van der Waals surface area contributed by atoms with Gasteiger partial charge in [-0.1, -0.05) is 68.1 Å². The molecule has 7 heteroatoms. The summed E-state index contributed by atoms with van der Waals surface area (Å²) in [6, 6.07) is 18.7. The summed E-state index contributed by atoms with van der Waals surface area (Å²) in [6.07, 6.45) is 1.81. The smallest absolute Gasteiger partial charge is 0.251 e. The summed E-state index contributed by atoms with van der Waals surface area (Å²) in [5.41, 5.74) is 0.621. The highest BCUT2D eigenvalue weighted by Crippen LogP contribution is 2.26. The average Bonchev–Trinajstić information content (AvgIpc) is 3.18. The normalized spacial score (nSPS) is 11.8. The highest BCUT2D eigenvalue weighted by molar-refractivity contribution is 7.99. The maximum Gasteiger partial charge on any atom is 0.251 e. The molecule has 1 atom stereocenters. The van der Waals surface area contributed by atoms with E-state index in [9.17, 15) is 4.79 Å². The van der Waals surface area contributed by atoms with Crippen LogP contribution in [0.15, 0.2) is 78.5 Å². The van der Waals surface area contributed by atoms with Crippen LogP contribution in [0.2, 0.25) is 0 Å². The van der Waals surface area contributed by atoms with Crippen LogP contribution in [0.4, 0.5) is 0 Å². The van der Waals surface area contributed by atoms with Crippen molar-refractivity contribution in [3.8, 4) is 5.75 Å². The number of ether oxygens (including phenoxy) is 1. The Bertz CT molecular complexity index is 974. The van der Waals surface area contributed by atoms with E-state index in [1.165, 1.54) is 0 Å². The quantitative estimate of drug-likeness (QED) is 0.267. The Morgan fingerprint density at radius 2 is 1.81 bits per heavy atom.